The Labute approximate surface area is 144 Å². The van der Waals surface area contributed by atoms with Crippen LogP contribution in [-0.2, 0) is 0 Å². The highest BCUT2D eigenvalue weighted by molar-refractivity contribution is 6.05. The number of alkyl halides is 2. The lowest BCUT2D eigenvalue weighted by Gasteiger charge is -2.35. The molecule has 0 bridgehead atoms. The molecule has 1 heterocycles. The molecule has 0 fully saturated rings. The zero-order valence-electron chi connectivity index (χ0n) is 13.9. The van der Waals surface area contributed by atoms with Crippen molar-refractivity contribution in [1.82, 2.24) is 5.01 Å². The zero-order valence-corrected chi connectivity index (χ0v) is 13.9. The van der Waals surface area contributed by atoms with Gasteiger partial charge in [-0.1, -0.05) is 48.0 Å². The van der Waals surface area contributed by atoms with Crippen molar-refractivity contribution in [3.63, 3.8) is 0 Å². The third-order valence-electron chi connectivity index (χ3n) is 4.29. The quantitative estimate of drug-likeness (QED) is 0.925. The van der Waals surface area contributed by atoms with Crippen LogP contribution in [0.1, 0.15) is 34.8 Å². The van der Waals surface area contributed by atoms with E-state index in [1.54, 1.807) is 42.5 Å². The van der Waals surface area contributed by atoms with Crippen LogP contribution >= 0.6 is 0 Å². The highest BCUT2D eigenvalue weighted by atomic mass is 19.3. The molecule has 4 nitrogen and oxygen atoms in total. The number of halogens is 2. The number of aryl methyl sites for hydroxylation is 1. The Bertz CT molecular complexity index is 814. The minimum absolute atomic E-state index is 0.186. The first-order valence-electron chi connectivity index (χ1n) is 7.87. The van der Waals surface area contributed by atoms with E-state index in [0.29, 0.717) is 17.5 Å². The van der Waals surface area contributed by atoms with Crippen molar-refractivity contribution < 1.29 is 18.7 Å². The maximum Gasteiger partial charge on any atom is 0.294 e. The van der Waals surface area contributed by atoms with Gasteiger partial charge in [-0.15, -0.1) is 0 Å². The third-order valence-corrected chi connectivity index (χ3v) is 4.29. The Balaban J connectivity index is 2.04. The molecule has 1 aliphatic heterocycles. The number of amides is 1. The van der Waals surface area contributed by atoms with Crippen LogP contribution in [0.5, 0.6) is 0 Å². The summed E-state index contributed by atoms with van der Waals surface area (Å²) in [6.45, 7) is 2.44. The Morgan fingerprint density at radius 1 is 1.16 bits per heavy atom. The third kappa shape index (κ3) is 3.05. The number of carbonyl (C=O) groups excluding carboxylic acids is 1. The molecule has 1 aliphatic rings. The van der Waals surface area contributed by atoms with Crippen molar-refractivity contribution in [2.45, 2.75) is 31.9 Å². The molecule has 25 heavy (non-hydrogen) atoms. The van der Waals surface area contributed by atoms with E-state index >= 15 is 0 Å². The second-order valence-electron chi connectivity index (χ2n) is 6.28. The summed E-state index contributed by atoms with van der Waals surface area (Å²) in [7, 11) is 0. The molecule has 1 atom stereocenters. The smallest absolute Gasteiger partial charge is 0.294 e. The van der Waals surface area contributed by atoms with E-state index in [2.05, 4.69) is 5.10 Å². The van der Waals surface area contributed by atoms with Crippen molar-refractivity contribution in [3.05, 3.63) is 71.3 Å². The van der Waals surface area contributed by atoms with E-state index in [4.69, 9.17) is 0 Å². The van der Waals surface area contributed by atoms with E-state index in [1.165, 1.54) is 12.1 Å². The van der Waals surface area contributed by atoms with E-state index in [0.717, 1.165) is 5.56 Å². The van der Waals surface area contributed by atoms with Crippen molar-refractivity contribution in [2.75, 3.05) is 0 Å². The second kappa shape index (κ2) is 6.04. The molecule has 0 aromatic heterocycles. The number of hydrazone groups is 1. The number of benzene rings is 2. The highest BCUT2D eigenvalue weighted by Gasteiger charge is 2.59. The molecule has 2 aromatic rings. The lowest BCUT2D eigenvalue weighted by molar-refractivity contribution is -0.222. The lowest BCUT2D eigenvalue weighted by atomic mass is 9.96. The monoisotopic (exact) mass is 344 g/mol. The molecule has 2 aromatic carbocycles. The van der Waals surface area contributed by atoms with Gasteiger partial charge in [-0.3, -0.25) is 4.79 Å². The topological polar surface area (TPSA) is 52.9 Å². The van der Waals surface area contributed by atoms with Crippen molar-refractivity contribution in [1.29, 1.82) is 0 Å². The number of hydrogen-bond acceptors (Lipinski definition) is 3. The van der Waals surface area contributed by atoms with Crippen LogP contribution in [0.15, 0.2) is 59.7 Å². The average molecular weight is 344 g/mol. The summed E-state index contributed by atoms with van der Waals surface area (Å²) in [5.41, 5.74) is -0.761. The Morgan fingerprint density at radius 2 is 1.76 bits per heavy atom. The fraction of sp³-hybridized carbons (Fsp3) is 0.263. The van der Waals surface area contributed by atoms with Gasteiger partial charge < -0.3 is 5.11 Å². The first-order chi connectivity index (χ1) is 11.7. The van der Waals surface area contributed by atoms with Gasteiger partial charge >= 0.3 is 0 Å². The molecule has 6 heteroatoms. The summed E-state index contributed by atoms with van der Waals surface area (Å²) in [5.74, 6) is -4.32. The molecular weight excluding hydrogens is 326 g/mol. The maximum atomic E-state index is 14.2. The number of rotatable bonds is 3. The summed E-state index contributed by atoms with van der Waals surface area (Å²) >= 11 is 0. The molecule has 0 unspecified atom stereocenters. The Hall–Kier alpha value is -2.60. The van der Waals surface area contributed by atoms with Crippen molar-refractivity contribution in [2.24, 2.45) is 5.10 Å². The molecule has 0 saturated heterocycles. The highest BCUT2D eigenvalue weighted by Crippen LogP contribution is 2.40. The molecule has 130 valence electrons. The SMILES string of the molecule is Cc1ccc(C(=O)N2N=C(c3ccccc3)C[C@]2(O)C(C)(F)F)cc1. The summed E-state index contributed by atoms with van der Waals surface area (Å²) in [4.78, 5) is 12.7. The second-order valence-corrected chi connectivity index (χ2v) is 6.28. The van der Waals surface area contributed by atoms with Gasteiger partial charge in [0, 0.05) is 18.9 Å². The standard InChI is InChI=1S/C19H18F2N2O2/c1-13-8-10-15(11-9-13)17(24)23-19(25,18(2,20)21)12-16(22-23)14-6-4-3-5-7-14/h3-11,25H,12H2,1-2H3/t19-/m0/s1. The van der Waals surface area contributed by atoms with Crippen LogP contribution in [0.25, 0.3) is 0 Å². The van der Waals surface area contributed by atoms with Crippen LogP contribution in [0.2, 0.25) is 0 Å². The van der Waals surface area contributed by atoms with Gasteiger partial charge in [-0.05, 0) is 24.6 Å². The van der Waals surface area contributed by atoms with Gasteiger partial charge in [0.05, 0.1) is 5.71 Å². The van der Waals surface area contributed by atoms with Crippen LogP contribution in [0.4, 0.5) is 8.78 Å². The number of hydrogen-bond donors (Lipinski definition) is 1. The first kappa shape index (κ1) is 17.2. The fourth-order valence-electron chi connectivity index (χ4n) is 2.71. The summed E-state index contributed by atoms with van der Waals surface area (Å²) in [5, 5.41) is 15.2. The molecule has 0 radical (unpaired) electrons. The van der Waals surface area contributed by atoms with Crippen LogP contribution < -0.4 is 0 Å². The summed E-state index contributed by atoms with van der Waals surface area (Å²) in [6.07, 6.45) is -0.446. The summed E-state index contributed by atoms with van der Waals surface area (Å²) < 4.78 is 28.3. The van der Waals surface area contributed by atoms with Gasteiger partial charge in [-0.2, -0.15) is 10.1 Å². The van der Waals surface area contributed by atoms with Gasteiger partial charge in [0.25, 0.3) is 11.8 Å². The minimum atomic E-state index is -3.55. The average Bonchev–Trinajstić information content (AvgIpc) is 2.95. The van der Waals surface area contributed by atoms with E-state index in [9.17, 15) is 18.7 Å². The fourth-order valence-corrected chi connectivity index (χ4v) is 2.71. The lowest BCUT2D eigenvalue weighted by Crippen LogP contribution is -2.57. The van der Waals surface area contributed by atoms with E-state index in [-0.39, 0.29) is 11.3 Å². The van der Waals surface area contributed by atoms with Crippen molar-refractivity contribution in [3.8, 4) is 0 Å². The predicted molar refractivity (Wildman–Crippen MR) is 90.5 cm³/mol. The molecule has 0 spiro atoms. The van der Waals surface area contributed by atoms with Gasteiger partial charge in [0.2, 0.25) is 5.72 Å². The van der Waals surface area contributed by atoms with Gasteiger partial charge in [0.15, 0.2) is 0 Å². The van der Waals surface area contributed by atoms with Crippen molar-refractivity contribution >= 4 is 11.6 Å². The Kier molecular flexibility index (Phi) is 4.16. The van der Waals surface area contributed by atoms with Gasteiger partial charge in [-0.25, -0.2) is 8.78 Å². The molecule has 3 rings (SSSR count). The predicted octanol–water partition coefficient (Wildman–Crippen LogP) is 3.59. The van der Waals surface area contributed by atoms with Crippen LogP contribution in [-0.4, -0.2) is 33.4 Å². The first-order valence-corrected chi connectivity index (χ1v) is 7.87. The van der Waals surface area contributed by atoms with E-state index < -0.39 is 24.0 Å². The molecular formula is C19H18F2N2O2. The van der Waals surface area contributed by atoms with E-state index in [1.807, 2.05) is 6.92 Å². The molecule has 0 saturated carbocycles. The minimum Gasteiger partial charge on any atom is -0.364 e. The van der Waals surface area contributed by atoms with Crippen LogP contribution in [0, 0.1) is 6.92 Å². The zero-order chi connectivity index (χ0) is 18.2. The molecule has 1 amide bonds. The number of aliphatic hydroxyl groups is 1. The van der Waals surface area contributed by atoms with Crippen LogP contribution in [0.3, 0.4) is 0 Å². The number of carbonyl (C=O) groups is 1. The number of nitrogens with zero attached hydrogens (tertiary/aromatic N) is 2. The normalized spacial score (nSPS) is 20.5. The molecule has 0 aliphatic carbocycles. The molecule has 1 N–H and O–H groups in total. The maximum absolute atomic E-state index is 14.2. The van der Waals surface area contributed by atoms with Gasteiger partial charge in [0.1, 0.15) is 0 Å². The Morgan fingerprint density at radius 3 is 2.32 bits per heavy atom. The summed E-state index contributed by atoms with van der Waals surface area (Å²) in [6, 6.07) is 15.1. The largest absolute Gasteiger partial charge is 0.364 e.